The number of amides is 1. The predicted octanol–water partition coefficient (Wildman–Crippen LogP) is 3.08. The molecule has 116 valence electrons. The van der Waals surface area contributed by atoms with E-state index in [1.807, 2.05) is 17.9 Å². The predicted molar refractivity (Wildman–Crippen MR) is 86.8 cm³/mol. The molecule has 2 aromatic rings. The Kier molecular flexibility index (Phi) is 3.21. The second-order valence-electron chi connectivity index (χ2n) is 6.86. The fourth-order valence-electron chi connectivity index (χ4n) is 4.11. The third kappa shape index (κ3) is 2.13. The third-order valence-corrected chi connectivity index (χ3v) is 5.52. The van der Waals surface area contributed by atoms with Gasteiger partial charge in [-0.1, -0.05) is 18.9 Å². The molecule has 1 heterocycles. The van der Waals surface area contributed by atoms with E-state index in [4.69, 9.17) is 0 Å². The van der Waals surface area contributed by atoms with Crippen molar-refractivity contribution in [3.8, 4) is 0 Å². The number of hydrogen-bond acceptors (Lipinski definition) is 2. The summed E-state index contributed by atoms with van der Waals surface area (Å²) in [5.41, 5.74) is 3.99. The Morgan fingerprint density at radius 1 is 1.32 bits per heavy atom. The van der Waals surface area contributed by atoms with Gasteiger partial charge in [-0.15, -0.1) is 0 Å². The average molecular weight is 297 g/mol. The minimum atomic E-state index is 0.146. The first-order valence-electron chi connectivity index (χ1n) is 8.36. The van der Waals surface area contributed by atoms with Gasteiger partial charge in [-0.2, -0.15) is 5.10 Å². The summed E-state index contributed by atoms with van der Waals surface area (Å²) in [7, 11) is 3.74. The molecule has 2 aliphatic rings. The lowest BCUT2D eigenvalue weighted by Crippen LogP contribution is -2.20. The zero-order chi connectivity index (χ0) is 15.3. The molecule has 0 aliphatic heterocycles. The van der Waals surface area contributed by atoms with Gasteiger partial charge in [-0.3, -0.25) is 9.48 Å². The van der Waals surface area contributed by atoms with Crippen LogP contribution in [0.5, 0.6) is 0 Å². The lowest BCUT2D eigenvalue weighted by molar-refractivity contribution is -0.121. The second-order valence-corrected chi connectivity index (χ2v) is 6.86. The number of fused-ring (bicyclic) bond motifs is 1. The van der Waals surface area contributed by atoms with Crippen LogP contribution in [0.4, 0.5) is 0 Å². The van der Waals surface area contributed by atoms with E-state index in [0.717, 1.165) is 6.42 Å². The van der Waals surface area contributed by atoms with Gasteiger partial charge in [0.25, 0.3) is 0 Å². The third-order valence-electron chi connectivity index (χ3n) is 5.52. The van der Waals surface area contributed by atoms with Crippen LogP contribution in [0.2, 0.25) is 0 Å². The van der Waals surface area contributed by atoms with Gasteiger partial charge in [-0.25, -0.2) is 0 Å². The molecule has 0 spiro atoms. The van der Waals surface area contributed by atoms with Crippen LogP contribution in [0.25, 0.3) is 10.9 Å². The van der Waals surface area contributed by atoms with Crippen molar-refractivity contribution in [2.75, 3.05) is 7.05 Å². The van der Waals surface area contributed by atoms with Crippen LogP contribution < -0.4 is 5.32 Å². The molecule has 1 aromatic carbocycles. The van der Waals surface area contributed by atoms with Crippen LogP contribution >= 0.6 is 0 Å². The maximum absolute atomic E-state index is 11.9. The maximum atomic E-state index is 11.9. The normalized spacial score (nSPS) is 24.8. The fourth-order valence-corrected chi connectivity index (χ4v) is 4.11. The summed E-state index contributed by atoms with van der Waals surface area (Å²) in [6.07, 6.45) is 8.21. The Bertz CT molecular complexity index is 727. The van der Waals surface area contributed by atoms with Crippen LogP contribution in [-0.4, -0.2) is 22.7 Å². The van der Waals surface area contributed by atoms with Gasteiger partial charge in [0.1, 0.15) is 0 Å². The Labute approximate surface area is 130 Å². The number of aryl methyl sites for hydroxylation is 1. The van der Waals surface area contributed by atoms with Crippen molar-refractivity contribution in [3.63, 3.8) is 0 Å². The molecule has 4 nitrogen and oxygen atoms in total. The molecule has 1 amide bonds. The van der Waals surface area contributed by atoms with Crippen LogP contribution in [0.1, 0.15) is 55.1 Å². The van der Waals surface area contributed by atoms with Gasteiger partial charge >= 0.3 is 0 Å². The van der Waals surface area contributed by atoms with E-state index in [-0.39, 0.29) is 11.8 Å². The Morgan fingerprint density at radius 2 is 2.09 bits per heavy atom. The Hall–Kier alpha value is -1.84. The van der Waals surface area contributed by atoms with Crippen LogP contribution in [0.15, 0.2) is 18.3 Å². The summed E-state index contributed by atoms with van der Waals surface area (Å²) < 4.78 is 1.97. The van der Waals surface area contributed by atoms with Crippen LogP contribution in [-0.2, 0) is 11.8 Å². The summed E-state index contributed by atoms with van der Waals surface area (Å²) in [5.74, 6) is 1.38. The number of rotatable bonds is 3. The summed E-state index contributed by atoms with van der Waals surface area (Å²) in [4.78, 5) is 11.9. The van der Waals surface area contributed by atoms with Gasteiger partial charge in [0, 0.05) is 25.4 Å². The van der Waals surface area contributed by atoms with Crippen molar-refractivity contribution in [1.82, 2.24) is 15.1 Å². The smallest absolute Gasteiger partial charge is 0.223 e. The molecule has 1 N–H and O–H groups in total. The lowest BCUT2D eigenvalue weighted by atomic mass is 9.92. The molecule has 0 saturated heterocycles. The summed E-state index contributed by atoms with van der Waals surface area (Å²) in [6.45, 7) is 0. The van der Waals surface area contributed by atoms with Gasteiger partial charge in [0.2, 0.25) is 5.91 Å². The number of hydrogen-bond donors (Lipinski definition) is 1. The molecule has 2 fully saturated rings. The molecule has 2 atom stereocenters. The molecule has 4 heteroatoms. The highest BCUT2D eigenvalue weighted by Gasteiger charge is 2.44. The zero-order valence-corrected chi connectivity index (χ0v) is 13.3. The van der Waals surface area contributed by atoms with E-state index in [1.165, 1.54) is 47.7 Å². The zero-order valence-electron chi connectivity index (χ0n) is 13.3. The molecule has 22 heavy (non-hydrogen) atoms. The van der Waals surface area contributed by atoms with E-state index in [0.29, 0.717) is 11.8 Å². The number of aromatic nitrogens is 2. The number of carbonyl (C=O) groups excluding carboxylic acids is 1. The molecule has 2 saturated carbocycles. The van der Waals surface area contributed by atoms with Crippen molar-refractivity contribution >= 4 is 16.8 Å². The summed E-state index contributed by atoms with van der Waals surface area (Å²) in [6, 6.07) is 4.69. The monoisotopic (exact) mass is 297 g/mol. The molecular weight excluding hydrogens is 274 g/mol. The minimum Gasteiger partial charge on any atom is -0.359 e. The Balaban J connectivity index is 1.77. The van der Waals surface area contributed by atoms with Gasteiger partial charge in [0.05, 0.1) is 11.7 Å². The molecule has 1 aromatic heterocycles. The number of benzene rings is 1. The fraction of sp³-hybridized carbons (Fsp3) is 0.556. The minimum absolute atomic E-state index is 0.146. The van der Waals surface area contributed by atoms with E-state index >= 15 is 0 Å². The Morgan fingerprint density at radius 3 is 2.82 bits per heavy atom. The molecule has 2 aliphatic carbocycles. The first-order valence-corrected chi connectivity index (χ1v) is 8.36. The second kappa shape index (κ2) is 5.11. The highest BCUT2D eigenvalue weighted by Crippen LogP contribution is 2.50. The highest BCUT2D eigenvalue weighted by atomic mass is 16.1. The van der Waals surface area contributed by atoms with Crippen molar-refractivity contribution in [1.29, 1.82) is 0 Å². The molecular formula is C18H23N3O. The van der Waals surface area contributed by atoms with Crippen LogP contribution in [0, 0.1) is 5.92 Å². The molecule has 0 unspecified atom stereocenters. The lowest BCUT2D eigenvalue weighted by Gasteiger charge is -2.13. The first-order chi connectivity index (χ1) is 10.7. The maximum Gasteiger partial charge on any atom is 0.223 e. The average Bonchev–Trinajstić information content (AvgIpc) is 2.96. The van der Waals surface area contributed by atoms with E-state index in [1.54, 1.807) is 7.05 Å². The number of nitrogens with one attached hydrogen (secondary N) is 1. The molecule has 0 radical (unpaired) electrons. The highest BCUT2D eigenvalue weighted by molar-refractivity contribution is 5.88. The van der Waals surface area contributed by atoms with Gasteiger partial charge in [-0.05, 0) is 48.3 Å². The van der Waals surface area contributed by atoms with Gasteiger partial charge < -0.3 is 5.32 Å². The van der Waals surface area contributed by atoms with Gasteiger partial charge in [0.15, 0.2) is 0 Å². The van der Waals surface area contributed by atoms with E-state index in [2.05, 4.69) is 22.5 Å². The van der Waals surface area contributed by atoms with Crippen molar-refractivity contribution in [2.24, 2.45) is 13.0 Å². The first kappa shape index (κ1) is 13.8. The van der Waals surface area contributed by atoms with Crippen molar-refractivity contribution in [2.45, 2.75) is 43.9 Å². The van der Waals surface area contributed by atoms with Crippen molar-refractivity contribution in [3.05, 3.63) is 29.5 Å². The SMILES string of the molecule is CNC(=O)[C@@H]1C[C@H]1c1cc(C2CCCC2)cc2c1cnn2C. The quantitative estimate of drug-likeness (QED) is 0.946. The molecule has 4 rings (SSSR count). The summed E-state index contributed by atoms with van der Waals surface area (Å²) >= 11 is 0. The van der Waals surface area contributed by atoms with Crippen molar-refractivity contribution < 1.29 is 4.79 Å². The number of carbonyl (C=O) groups is 1. The standard InChI is InChI=1S/C18H23N3O/c1-19-18(22)15-9-14(15)13-7-12(11-5-3-4-6-11)8-17-16(13)10-20-21(17)2/h7-8,10-11,14-15H,3-6,9H2,1-2H3,(H,19,22)/t14-,15+/m0/s1. The molecule has 0 bridgehead atoms. The van der Waals surface area contributed by atoms with Crippen LogP contribution in [0.3, 0.4) is 0 Å². The summed E-state index contributed by atoms with van der Waals surface area (Å²) in [5, 5.41) is 8.45. The van der Waals surface area contributed by atoms with E-state index < -0.39 is 0 Å². The topological polar surface area (TPSA) is 46.9 Å². The largest absolute Gasteiger partial charge is 0.359 e. The van der Waals surface area contributed by atoms with E-state index in [9.17, 15) is 4.79 Å². The number of nitrogens with zero attached hydrogens (tertiary/aromatic N) is 2.